The first-order valence-electron chi connectivity index (χ1n) is 7.73. The second-order valence-electron chi connectivity index (χ2n) is 5.72. The minimum Gasteiger partial charge on any atom is -0.394 e. The molecule has 1 aromatic carbocycles. The van der Waals surface area contributed by atoms with E-state index in [-0.39, 0.29) is 11.6 Å². The van der Waals surface area contributed by atoms with Crippen LogP contribution in [0, 0.1) is 5.82 Å². The number of carbonyl (C=O) groups excluding carboxylic acids is 1. The molecular weight excluding hydrogens is 347 g/mol. The van der Waals surface area contributed by atoms with Crippen LogP contribution in [-0.4, -0.2) is 60.9 Å². The molecule has 1 aliphatic heterocycles. The van der Waals surface area contributed by atoms with Gasteiger partial charge in [0.15, 0.2) is 12.1 Å². The largest absolute Gasteiger partial charge is 0.394 e. The number of nitrogens with two attached hydrogens (primary N) is 1. The van der Waals surface area contributed by atoms with Crippen LogP contribution >= 0.6 is 0 Å². The summed E-state index contributed by atoms with van der Waals surface area (Å²) >= 11 is 0. The molecule has 10 heteroatoms. The van der Waals surface area contributed by atoms with Crippen molar-refractivity contribution in [3.63, 3.8) is 0 Å². The van der Waals surface area contributed by atoms with Gasteiger partial charge in [-0.05, 0) is 23.8 Å². The number of aromatic nitrogens is 3. The first kappa shape index (κ1) is 18.1. The van der Waals surface area contributed by atoms with Crippen molar-refractivity contribution in [2.24, 2.45) is 5.73 Å². The van der Waals surface area contributed by atoms with Gasteiger partial charge in [-0.15, -0.1) is 5.10 Å². The molecule has 0 radical (unpaired) electrons. The van der Waals surface area contributed by atoms with Gasteiger partial charge in [0.25, 0.3) is 5.91 Å². The Labute approximate surface area is 147 Å². The van der Waals surface area contributed by atoms with Crippen molar-refractivity contribution in [3.05, 3.63) is 47.3 Å². The lowest BCUT2D eigenvalue weighted by Gasteiger charge is -2.15. The lowest BCUT2D eigenvalue weighted by atomic mass is 10.1. The molecular formula is C16H17FN4O5. The Bertz CT molecular complexity index is 840. The number of aliphatic hydroxyl groups is 3. The molecule has 1 aliphatic rings. The summed E-state index contributed by atoms with van der Waals surface area (Å²) < 4.78 is 19.7. The molecule has 0 unspecified atom stereocenters. The van der Waals surface area contributed by atoms with Gasteiger partial charge in [-0.25, -0.2) is 14.1 Å². The Morgan fingerprint density at radius 2 is 2.12 bits per heavy atom. The molecule has 3 rings (SSSR count). The molecule has 0 bridgehead atoms. The fraction of sp³-hybridized carbons (Fsp3) is 0.312. The summed E-state index contributed by atoms with van der Waals surface area (Å²) in [5.41, 5.74) is 5.72. The maximum absolute atomic E-state index is 13.3. The zero-order valence-corrected chi connectivity index (χ0v) is 13.4. The SMILES string of the molecule is NC(=O)c1nc(/C=C/c2cccc(F)c2)n([C@@H]2O[C@H](CO)[C@@H](O)[C@H]2O)n1. The Morgan fingerprint density at radius 3 is 2.73 bits per heavy atom. The van der Waals surface area contributed by atoms with Crippen LogP contribution in [0.2, 0.25) is 0 Å². The van der Waals surface area contributed by atoms with Crippen LogP contribution in [0.25, 0.3) is 12.2 Å². The van der Waals surface area contributed by atoms with Gasteiger partial charge in [0, 0.05) is 0 Å². The highest BCUT2D eigenvalue weighted by Crippen LogP contribution is 2.30. The summed E-state index contributed by atoms with van der Waals surface area (Å²) in [6, 6.07) is 5.77. The van der Waals surface area contributed by atoms with Crippen molar-refractivity contribution >= 4 is 18.1 Å². The van der Waals surface area contributed by atoms with E-state index in [4.69, 9.17) is 10.5 Å². The molecule has 1 amide bonds. The number of benzene rings is 1. The van der Waals surface area contributed by atoms with Gasteiger partial charge in [0.1, 0.15) is 24.1 Å². The molecule has 0 aliphatic carbocycles. The Morgan fingerprint density at radius 1 is 1.35 bits per heavy atom. The van der Waals surface area contributed by atoms with Crippen LogP contribution in [0.3, 0.4) is 0 Å². The van der Waals surface area contributed by atoms with Gasteiger partial charge in [0.05, 0.1) is 6.61 Å². The van der Waals surface area contributed by atoms with Crippen LogP contribution in [0.15, 0.2) is 24.3 Å². The van der Waals surface area contributed by atoms with Crippen LogP contribution in [0.4, 0.5) is 4.39 Å². The van der Waals surface area contributed by atoms with Gasteiger partial charge in [-0.2, -0.15) is 0 Å². The number of carbonyl (C=O) groups is 1. The molecule has 1 aromatic heterocycles. The highest BCUT2D eigenvalue weighted by Gasteiger charge is 2.44. The standard InChI is InChI=1S/C16H17FN4O5/c17-9-3-1-2-8(6-9)4-5-11-19-15(14(18)25)20-21(11)16-13(24)12(23)10(7-22)26-16/h1-6,10,12-13,16,22-24H,7H2,(H2,18,25)/b5-4+/t10-,12-,13-,16-/m1/s1. The number of hydrogen-bond donors (Lipinski definition) is 4. The van der Waals surface area contributed by atoms with E-state index in [1.165, 1.54) is 30.4 Å². The average Bonchev–Trinajstić information content (AvgIpc) is 3.15. The molecule has 2 aromatic rings. The third-order valence-electron chi connectivity index (χ3n) is 3.91. The normalized spacial score (nSPS) is 25.8. The minimum absolute atomic E-state index is 0.0953. The third kappa shape index (κ3) is 3.48. The first-order valence-corrected chi connectivity index (χ1v) is 7.73. The van der Waals surface area contributed by atoms with E-state index in [0.29, 0.717) is 5.56 Å². The van der Waals surface area contributed by atoms with Crippen molar-refractivity contribution in [3.8, 4) is 0 Å². The zero-order chi connectivity index (χ0) is 18.8. The Kier molecular flexibility index (Phi) is 5.09. The van der Waals surface area contributed by atoms with E-state index in [9.17, 15) is 24.5 Å². The number of amides is 1. The van der Waals surface area contributed by atoms with Crippen LogP contribution in [-0.2, 0) is 4.74 Å². The Hall–Kier alpha value is -2.66. The Balaban J connectivity index is 1.96. The van der Waals surface area contributed by atoms with Gasteiger partial charge in [-0.1, -0.05) is 18.2 Å². The number of halogens is 1. The van der Waals surface area contributed by atoms with Crippen molar-refractivity contribution in [1.29, 1.82) is 0 Å². The van der Waals surface area contributed by atoms with E-state index in [0.717, 1.165) is 4.68 Å². The fourth-order valence-electron chi connectivity index (χ4n) is 2.60. The second-order valence-corrected chi connectivity index (χ2v) is 5.72. The lowest BCUT2D eigenvalue weighted by molar-refractivity contribution is -0.0591. The van der Waals surface area contributed by atoms with Gasteiger partial charge in [0.2, 0.25) is 5.82 Å². The lowest BCUT2D eigenvalue weighted by Crippen LogP contribution is -2.33. The maximum atomic E-state index is 13.3. The fourth-order valence-corrected chi connectivity index (χ4v) is 2.60. The van der Waals surface area contributed by atoms with Crippen molar-refractivity contribution in [2.75, 3.05) is 6.61 Å². The van der Waals surface area contributed by atoms with Gasteiger partial charge < -0.3 is 25.8 Å². The van der Waals surface area contributed by atoms with Crippen LogP contribution in [0.1, 0.15) is 28.2 Å². The summed E-state index contributed by atoms with van der Waals surface area (Å²) in [7, 11) is 0. The third-order valence-corrected chi connectivity index (χ3v) is 3.91. The molecule has 0 spiro atoms. The molecule has 9 nitrogen and oxygen atoms in total. The molecule has 5 N–H and O–H groups in total. The van der Waals surface area contributed by atoms with E-state index >= 15 is 0 Å². The minimum atomic E-state index is -1.41. The summed E-state index contributed by atoms with van der Waals surface area (Å²) in [6.07, 6.45) is -1.99. The highest BCUT2D eigenvalue weighted by atomic mass is 19.1. The average molecular weight is 364 g/mol. The number of nitrogens with zero attached hydrogens (tertiary/aromatic N) is 3. The maximum Gasteiger partial charge on any atom is 0.288 e. The summed E-state index contributed by atoms with van der Waals surface area (Å²) in [6.45, 7) is -0.513. The van der Waals surface area contributed by atoms with Gasteiger partial charge >= 0.3 is 0 Å². The number of hydrogen-bond acceptors (Lipinski definition) is 7. The monoisotopic (exact) mass is 364 g/mol. The smallest absolute Gasteiger partial charge is 0.288 e. The predicted molar refractivity (Wildman–Crippen MR) is 86.9 cm³/mol. The number of ether oxygens (including phenoxy) is 1. The summed E-state index contributed by atoms with van der Waals surface area (Å²) in [4.78, 5) is 15.3. The van der Waals surface area contributed by atoms with Crippen molar-refractivity contribution in [1.82, 2.24) is 14.8 Å². The number of aliphatic hydroxyl groups excluding tert-OH is 3. The number of primary amides is 1. The highest BCUT2D eigenvalue weighted by molar-refractivity contribution is 5.89. The molecule has 4 atom stereocenters. The molecule has 2 heterocycles. The van der Waals surface area contributed by atoms with Crippen LogP contribution in [0.5, 0.6) is 0 Å². The number of rotatable bonds is 5. The van der Waals surface area contributed by atoms with Crippen molar-refractivity contribution in [2.45, 2.75) is 24.5 Å². The second kappa shape index (κ2) is 7.30. The predicted octanol–water partition coefficient (Wildman–Crippen LogP) is -0.702. The molecule has 26 heavy (non-hydrogen) atoms. The first-order chi connectivity index (χ1) is 12.4. The zero-order valence-electron chi connectivity index (χ0n) is 13.4. The van der Waals surface area contributed by atoms with Crippen LogP contribution < -0.4 is 5.73 Å². The molecule has 0 saturated carbocycles. The molecule has 1 saturated heterocycles. The topological polar surface area (TPSA) is 144 Å². The quantitative estimate of drug-likeness (QED) is 0.549. The van der Waals surface area contributed by atoms with E-state index < -0.39 is 42.9 Å². The van der Waals surface area contributed by atoms with Gasteiger partial charge in [-0.3, -0.25) is 4.79 Å². The molecule has 1 fully saturated rings. The summed E-state index contributed by atoms with van der Waals surface area (Å²) in [5.74, 6) is -1.54. The van der Waals surface area contributed by atoms with E-state index in [2.05, 4.69) is 10.1 Å². The van der Waals surface area contributed by atoms with E-state index in [1.807, 2.05) is 0 Å². The van der Waals surface area contributed by atoms with E-state index in [1.54, 1.807) is 6.07 Å². The molecule has 138 valence electrons. The summed E-state index contributed by atoms with van der Waals surface area (Å²) in [5, 5.41) is 33.1. The van der Waals surface area contributed by atoms with Crippen molar-refractivity contribution < 1.29 is 29.2 Å².